The fourth-order valence-electron chi connectivity index (χ4n) is 2.13. The molecule has 1 aromatic rings. The summed E-state index contributed by atoms with van der Waals surface area (Å²) in [6, 6.07) is 9.83. The van der Waals surface area contributed by atoms with Gasteiger partial charge in [0.2, 0.25) is 0 Å². The topological polar surface area (TPSA) is 79.8 Å². The summed E-state index contributed by atoms with van der Waals surface area (Å²) in [7, 11) is -2.93. The smallest absolute Gasteiger partial charge is 0.191 e. The highest BCUT2D eigenvalue weighted by atomic mass is 32.2. The minimum absolute atomic E-state index is 0.0499. The van der Waals surface area contributed by atoms with Gasteiger partial charge in [-0.05, 0) is 45.2 Å². The van der Waals surface area contributed by atoms with Gasteiger partial charge in [0.1, 0.15) is 15.6 Å². The van der Waals surface area contributed by atoms with Gasteiger partial charge >= 0.3 is 0 Å². The van der Waals surface area contributed by atoms with Crippen molar-refractivity contribution in [3.8, 4) is 5.75 Å². The van der Waals surface area contributed by atoms with Crippen molar-refractivity contribution in [3.63, 3.8) is 0 Å². The van der Waals surface area contributed by atoms with Crippen LogP contribution in [-0.4, -0.2) is 52.1 Å². The molecular formula is C18H31N3O3S. The Morgan fingerprint density at radius 3 is 2.60 bits per heavy atom. The Labute approximate surface area is 152 Å². The van der Waals surface area contributed by atoms with Gasteiger partial charge in [0.25, 0.3) is 0 Å². The molecule has 1 unspecified atom stereocenters. The van der Waals surface area contributed by atoms with Gasteiger partial charge in [-0.2, -0.15) is 0 Å². The molecule has 0 fully saturated rings. The highest BCUT2D eigenvalue weighted by Crippen LogP contribution is 2.08. The summed E-state index contributed by atoms with van der Waals surface area (Å²) >= 11 is 0. The third-order valence-electron chi connectivity index (χ3n) is 3.48. The quantitative estimate of drug-likeness (QED) is 0.355. The molecule has 1 rings (SSSR count). The van der Waals surface area contributed by atoms with E-state index in [1.165, 1.54) is 6.26 Å². The largest absolute Gasteiger partial charge is 0.494 e. The van der Waals surface area contributed by atoms with Gasteiger partial charge in [-0.1, -0.05) is 18.2 Å². The van der Waals surface area contributed by atoms with Crippen LogP contribution in [0.1, 0.15) is 33.1 Å². The van der Waals surface area contributed by atoms with Gasteiger partial charge in [0.15, 0.2) is 5.96 Å². The fraction of sp³-hybridized carbons (Fsp3) is 0.611. The zero-order valence-electron chi connectivity index (χ0n) is 15.5. The molecule has 0 amide bonds. The Bertz CT molecular complexity index is 603. The number of aliphatic imine (C=N–C) groups is 1. The highest BCUT2D eigenvalue weighted by molar-refractivity contribution is 7.90. The monoisotopic (exact) mass is 369 g/mol. The van der Waals surface area contributed by atoms with Gasteiger partial charge in [0, 0.05) is 25.4 Å². The van der Waals surface area contributed by atoms with E-state index >= 15 is 0 Å². The first-order valence-electron chi connectivity index (χ1n) is 8.81. The molecule has 7 heteroatoms. The minimum Gasteiger partial charge on any atom is -0.494 e. The standard InChI is InChI=1S/C18H31N3O3S/c1-4-19-18(21-16(2)12-15-25(3,22)23)20-13-8-9-14-24-17-10-6-5-7-11-17/h5-7,10-11,16H,4,8-9,12-15H2,1-3H3,(H2,19,20,21). The summed E-state index contributed by atoms with van der Waals surface area (Å²) in [4.78, 5) is 4.53. The van der Waals surface area contributed by atoms with E-state index in [2.05, 4.69) is 15.6 Å². The van der Waals surface area contributed by atoms with E-state index in [1.807, 2.05) is 44.2 Å². The number of sulfone groups is 1. The number of rotatable bonds is 11. The molecule has 0 spiro atoms. The molecule has 0 aliphatic rings. The van der Waals surface area contributed by atoms with Crippen LogP contribution in [0.25, 0.3) is 0 Å². The molecule has 0 saturated heterocycles. The van der Waals surface area contributed by atoms with Crippen molar-refractivity contribution in [3.05, 3.63) is 30.3 Å². The average molecular weight is 370 g/mol. The van der Waals surface area contributed by atoms with Crippen molar-refractivity contribution < 1.29 is 13.2 Å². The summed E-state index contributed by atoms with van der Waals surface area (Å²) in [6.07, 6.45) is 3.69. The molecule has 0 aliphatic heterocycles. The van der Waals surface area contributed by atoms with Gasteiger partial charge < -0.3 is 15.4 Å². The SMILES string of the molecule is CCNC(=NCCCCOc1ccccc1)NC(C)CCS(C)(=O)=O. The molecule has 0 aliphatic carbocycles. The summed E-state index contributed by atoms with van der Waals surface area (Å²) in [5.74, 6) is 1.80. The highest BCUT2D eigenvalue weighted by Gasteiger charge is 2.09. The molecule has 6 nitrogen and oxygen atoms in total. The van der Waals surface area contributed by atoms with E-state index in [1.54, 1.807) is 0 Å². The van der Waals surface area contributed by atoms with Crippen molar-refractivity contribution in [2.75, 3.05) is 31.7 Å². The number of ether oxygens (including phenoxy) is 1. The second-order valence-electron chi connectivity index (χ2n) is 6.09. The molecule has 142 valence electrons. The zero-order valence-corrected chi connectivity index (χ0v) is 16.3. The summed E-state index contributed by atoms with van der Waals surface area (Å²) < 4.78 is 28.1. The first-order chi connectivity index (χ1) is 11.9. The van der Waals surface area contributed by atoms with Crippen LogP contribution in [0.3, 0.4) is 0 Å². The maximum Gasteiger partial charge on any atom is 0.191 e. The van der Waals surface area contributed by atoms with Crippen LogP contribution in [0.5, 0.6) is 5.75 Å². The van der Waals surface area contributed by atoms with Crippen LogP contribution < -0.4 is 15.4 Å². The summed E-state index contributed by atoms with van der Waals surface area (Å²) in [6.45, 7) is 6.11. The summed E-state index contributed by atoms with van der Waals surface area (Å²) in [5.41, 5.74) is 0. The Morgan fingerprint density at radius 2 is 1.96 bits per heavy atom. The van der Waals surface area contributed by atoms with Crippen LogP contribution >= 0.6 is 0 Å². The number of guanidine groups is 1. The molecule has 0 heterocycles. The predicted octanol–water partition coefficient (Wildman–Crippen LogP) is 2.22. The van der Waals surface area contributed by atoms with Gasteiger partial charge in [-0.25, -0.2) is 8.42 Å². The molecular weight excluding hydrogens is 338 g/mol. The molecule has 0 saturated carbocycles. The van der Waals surface area contributed by atoms with Gasteiger partial charge in [-0.3, -0.25) is 4.99 Å². The fourth-order valence-corrected chi connectivity index (χ4v) is 2.91. The molecule has 0 radical (unpaired) electrons. The Morgan fingerprint density at radius 1 is 1.24 bits per heavy atom. The maximum atomic E-state index is 11.2. The van der Waals surface area contributed by atoms with Crippen LogP contribution in [0.2, 0.25) is 0 Å². The minimum atomic E-state index is -2.93. The van der Waals surface area contributed by atoms with Crippen LogP contribution in [0.4, 0.5) is 0 Å². The lowest BCUT2D eigenvalue weighted by Gasteiger charge is -2.17. The van der Waals surface area contributed by atoms with Crippen molar-refractivity contribution in [1.82, 2.24) is 10.6 Å². The van der Waals surface area contributed by atoms with Crippen LogP contribution in [0, 0.1) is 0 Å². The van der Waals surface area contributed by atoms with E-state index in [-0.39, 0.29) is 11.8 Å². The van der Waals surface area contributed by atoms with E-state index in [9.17, 15) is 8.42 Å². The van der Waals surface area contributed by atoms with Crippen molar-refractivity contribution in [1.29, 1.82) is 0 Å². The number of hydrogen-bond acceptors (Lipinski definition) is 4. The number of nitrogens with zero attached hydrogens (tertiary/aromatic N) is 1. The normalized spacial score (nSPS) is 13.3. The average Bonchev–Trinajstić information content (AvgIpc) is 2.56. The summed E-state index contributed by atoms with van der Waals surface area (Å²) in [5, 5.41) is 6.44. The third-order valence-corrected chi connectivity index (χ3v) is 4.46. The first kappa shape index (κ1) is 21.3. The lowest BCUT2D eigenvalue weighted by atomic mass is 10.3. The second kappa shape index (κ2) is 11.7. The Balaban J connectivity index is 2.27. The van der Waals surface area contributed by atoms with Crippen LogP contribution in [-0.2, 0) is 9.84 Å². The lowest BCUT2D eigenvalue weighted by Crippen LogP contribution is -2.42. The third kappa shape index (κ3) is 11.4. The number of para-hydroxylation sites is 1. The van der Waals surface area contributed by atoms with E-state index < -0.39 is 9.84 Å². The second-order valence-corrected chi connectivity index (χ2v) is 8.35. The number of nitrogens with one attached hydrogen (secondary N) is 2. The van der Waals surface area contributed by atoms with Crippen molar-refractivity contribution >= 4 is 15.8 Å². The maximum absolute atomic E-state index is 11.2. The predicted molar refractivity (Wildman–Crippen MR) is 104 cm³/mol. The van der Waals surface area contributed by atoms with Crippen molar-refractivity contribution in [2.45, 2.75) is 39.2 Å². The molecule has 25 heavy (non-hydrogen) atoms. The van der Waals surface area contributed by atoms with Gasteiger partial charge in [-0.15, -0.1) is 0 Å². The van der Waals surface area contributed by atoms with E-state index in [0.717, 1.165) is 31.1 Å². The first-order valence-corrected chi connectivity index (χ1v) is 10.9. The van der Waals surface area contributed by atoms with Gasteiger partial charge in [0.05, 0.1) is 12.4 Å². The molecule has 0 aromatic heterocycles. The Kier molecular flexibility index (Phi) is 9.99. The molecule has 2 N–H and O–H groups in total. The number of benzene rings is 1. The lowest BCUT2D eigenvalue weighted by molar-refractivity contribution is 0.308. The van der Waals surface area contributed by atoms with Crippen LogP contribution in [0.15, 0.2) is 35.3 Å². The molecule has 0 bridgehead atoms. The number of hydrogen-bond donors (Lipinski definition) is 2. The zero-order chi connectivity index (χ0) is 18.5. The molecule has 1 aromatic carbocycles. The Hall–Kier alpha value is -1.76. The molecule has 1 atom stereocenters. The van der Waals surface area contributed by atoms with Crippen molar-refractivity contribution in [2.24, 2.45) is 4.99 Å². The van der Waals surface area contributed by atoms with E-state index in [0.29, 0.717) is 19.6 Å². The van der Waals surface area contributed by atoms with E-state index in [4.69, 9.17) is 4.74 Å². The number of unbranched alkanes of at least 4 members (excludes halogenated alkanes) is 1.